The lowest BCUT2D eigenvalue weighted by atomic mass is 10.1. The summed E-state index contributed by atoms with van der Waals surface area (Å²) >= 11 is 0. The number of carbonyl (C=O) groups is 3. The van der Waals surface area contributed by atoms with Crippen LogP contribution in [0.5, 0.6) is 0 Å². The van der Waals surface area contributed by atoms with Gasteiger partial charge in [0.05, 0.1) is 22.6 Å². The van der Waals surface area contributed by atoms with E-state index in [9.17, 15) is 29.6 Å². The quantitative estimate of drug-likeness (QED) is 0.453. The average molecular weight is 294 g/mol. The molecule has 0 aliphatic carbocycles. The minimum absolute atomic E-state index is 0.0632. The van der Waals surface area contributed by atoms with E-state index in [1.807, 2.05) is 0 Å². The molecule has 0 radical (unpaired) electrons. The van der Waals surface area contributed by atoms with Crippen molar-refractivity contribution >= 4 is 23.5 Å². The predicted octanol–water partition coefficient (Wildman–Crippen LogP) is 0.0264. The van der Waals surface area contributed by atoms with Crippen molar-refractivity contribution in [2.24, 2.45) is 0 Å². The highest BCUT2D eigenvalue weighted by Crippen LogP contribution is 2.27. The smallest absolute Gasteiger partial charge is 0.337 e. The summed E-state index contributed by atoms with van der Waals surface area (Å²) in [4.78, 5) is 45.4. The number of aliphatic hydroxyl groups is 1. The van der Waals surface area contributed by atoms with Crippen molar-refractivity contribution in [1.82, 2.24) is 4.90 Å². The van der Waals surface area contributed by atoms with E-state index in [0.29, 0.717) is 4.90 Å². The van der Waals surface area contributed by atoms with E-state index in [4.69, 9.17) is 5.11 Å². The summed E-state index contributed by atoms with van der Waals surface area (Å²) in [7, 11) is 0. The fraction of sp³-hybridized carbons (Fsp3) is 0.250. The SMILES string of the molecule is CC(O)(CN1C(=O)c2ccc([N+](=O)[O-])cc2C1=O)C(=O)O. The van der Waals surface area contributed by atoms with Gasteiger partial charge in [0, 0.05) is 12.1 Å². The van der Waals surface area contributed by atoms with Gasteiger partial charge in [-0.3, -0.25) is 24.6 Å². The fourth-order valence-corrected chi connectivity index (χ4v) is 1.91. The molecule has 2 N–H and O–H groups in total. The average Bonchev–Trinajstić information content (AvgIpc) is 2.63. The molecule has 21 heavy (non-hydrogen) atoms. The number of hydrogen-bond acceptors (Lipinski definition) is 6. The number of carbonyl (C=O) groups excluding carboxylic acids is 2. The Bertz CT molecular complexity index is 680. The van der Waals surface area contributed by atoms with E-state index < -0.39 is 34.9 Å². The number of nitro benzene ring substituents is 1. The van der Waals surface area contributed by atoms with E-state index in [1.54, 1.807) is 0 Å². The lowest BCUT2D eigenvalue weighted by molar-refractivity contribution is -0.384. The van der Waals surface area contributed by atoms with Gasteiger partial charge in [0.2, 0.25) is 0 Å². The van der Waals surface area contributed by atoms with Crippen LogP contribution in [-0.2, 0) is 4.79 Å². The van der Waals surface area contributed by atoms with Gasteiger partial charge in [0.1, 0.15) is 0 Å². The standard InChI is InChI=1S/C12H10N2O7/c1-12(19,11(17)18)5-13-9(15)7-3-2-6(14(20)21)4-8(7)10(13)16/h2-4,19H,5H2,1H3,(H,17,18). The maximum atomic E-state index is 12.1. The number of carboxylic acids is 1. The number of hydrogen-bond donors (Lipinski definition) is 2. The summed E-state index contributed by atoms with van der Waals surface area (Å²) in [5.74, 6) is -3.27. The van der Waals surface area contributed by atoms with E-state index in [2.05, 4.69) is 0 Å². The normalized spacial score (nSPS) is 16.6. The third-order valence-electron chi connectivity index (χ3n) is 3.09. The molecule has 0 saturated heterocycles. The molecule has 1 aromatic rings. The summed E-state index contributed by atoms with van der Waals surface area (Å²) in [5.41, 5.74) is -2.91. The molecular weight excluding hydrogens is 284 g/mol. The number of fused-ring (bicyclic) bond motifs is 1. The largest absolute Gasteiger partial charge is 0.479 e. The Morgan fingerprint density at radius 1 is 1.33 bits per heavy atom. The van der Waals surface area contributed by atoms with Crippen molar-refractivity contribution in [2.75, 3.05) is 6.54 Å². The predicted molar refractivity (Wildman–Crippen MR) is 66.7 cm³/mol. The molecule has 110 valence electrons. The van der Waals surface area contributed by atoms with E-state index in [0.717, 1.165) is 25.1 Å². The van der Waals surface area contributed by atoms with Gasteiger partial charge in [-0.2, -0.15) is 0 Å². The molecule has 9 heteroatoms. The number of non-ortho nitro benzene ring substituents is 1. The number of benzene rings is 1. The van der Waals surface area contributed by atoms with Crippen LogP contribution in [0.2, 0.25) is 0 Å². The molecule has 1 atom stereocenters. The summed E-state index contributed by atoms with van der Waals surface area (Å²) in [5, 5.41) is 29.1. The van der Waals surface area contributed by atoms with Crippen LogP contribution in [0.25, 0.3) is 0 Å². The molecule has 0 aromatic heterocycles. The van der Waals surface area contributed by atoms with Gasteiger partial charge >= 0.3 is 5.97 Å². The Kier molecular flexibility index (Phi) is 3.22. The second kappa shape index (κ2) is 4.63. The number of nitro groups is 1. The van der Waals surface area contributed by atoms with Crippen molar-refractivity contribution in [1.29, 1.82) is 0 Å². The Morgan fingerprint density at radius 3 is 2.43 bits per heavy atom. The Hall–Kier alpha value is -2.81. The van der Waals surface area contributed by atoms with Crippen LogP contribution < -0.4 is 0 Å². The number of nitrogens with zero attached hydrogens (tertiary/aromatic N) is 2. The minimum Gasteiger partial charge on any atom is -0.479 e. The van der Waals surface area contributed by atoms with Crippen LogP contribution >= 0.6 is 0 Å². The van der Waals surface area contributed by atoms with Crippen molar-refractivity contribution in [3.63, 3.8) is 0 Å². The van der Waals surface area contributed by atoms with Crippen molar-refractivity contribution in [3.05, 3.63) is 39.4 Å². The number of aliphatic carboxylic acids is 1. The second-order valence-corrected chi connectivity index (χ2v) is 4.76. The van der Waals surface area contributed by atoms with Gasteiger partial charge in [-0.25, -0.2) is 4.79 Å². The summed E-state index contributed by atoms with van der Waals surface area (Å²) in [6.45, 7) is 0.198. The summed E-state index contributed by atoms with van der Waals surface area (Å²) in [6.07, 6.45) is 0. The molecule has 9 nitrogen and oxygen atoms in total. The Morgan fingerprint density at radius 2 is 1.90 bits per heavy atom. The monoisotopic (exact) mass is 294 g/mol. The third kappa shape index (κ3) is 2.34. The molecule has 0 bridgehead atoms. The molecule has 1 aromatic carbocycles. The van der Waals surface area contributed by atoms with E-state index in [1.165, 1.54) is 0 Å². The highest BCUT2D eigenvalue weighted by Gasteiger charge is 2.42. The van der Waals surface area contributed by atoms with Crippen LogP contribution in [-0.4, -0.2) is 50.0 Å². The van der Waals surface area contributed by atoms with E-state index in [-0.39, 0.29) is 16.8 Å². The van der Waals surface area contributed by atoms with Gasteiger partial charge in [0.15, 0.2) is 5.60 Å². The zero-order valence-electron chi connectivity index (χ0n) is 10.8. The van der Waals surface area contributed by atoms with Gasteiger partial charge in [0.25, 0.3) is 17.5 Å². The lowest BCUT2D eigenvalue weighted by Crippen LogP contribution is -2.48. The molecule has 1 unspecified atom stereocenters. The molecule has 2 rings (SSSR count). The van der Waals surface area contributed by atoms with Gasteiger partial charge in [-0.15, -0.1) is 0 Å². The molecule has 2 amide bonds. The number of amides is 2. The van der Waals surface area contributed by atoms with Gasteiger partial charge in [-0.05, 0) is 13.0 Å². The molecule has 0 saturated carbocycles. The summed E-state index contributed by atoms with van der Waals surface area (Å²) in [6, 6.07) is 3.15. The number of imide groups is 1. The maximum Gasteiger partial charge on any atom is 0.337 e. The first kappa shape index (κ1) is 14.6. The van der Waals surface area contributed by atoms with Crippen LogP contribution in [0.3, 0.4) is 0 Å². The van der Waals surface area contributed by atoms with Crippen LogP contribution in [0, 0.1) is 10.1 Å². The van der Waals surface area contributed by atoms with Crippen LogP contribution in [0.4, 0.5) is 5.69 Å². The van der Waals surface area contributed by atoms with Crippen molar-refractivity contribution < 1.29 is 29.5 Å². The first-order valence-corrected chi connectivity index (χ1v) is 5.75. The first-order chi connectivity index (χ1) is 9.65. The molecule has 1 aliphatic heterocycles. The Balaban J connectivity index is 2.39. The molecule has 0 spiro atoms. The van der Waals surface area contributed by atoms with E-state index >= 15 is 0 Å². The first-order valence-electron chi connectivity index (χ1n) is 5.75. The highest BCUT2D eigenvalue weighted by molar-refractivity contribution is 6.21. The lowest BCUT2D eigenvalue weighted by Gasteiger charge is -2.23. The topological polar surface area (TPSA) is 138 Å². The van der Waals surface area contributed by atoms with Gasteiger partial charge in [-0.1, -0.05) is 0 Å². The molecular formula is C12H10N2O7. The highest BCUT2D eigenvalue weighted by atomic mass is 16.6. The third-order valence-corrected chi connectivity index (χ3v) is 3.09. The number of β-amino-alcohol motifs (C(OH)–C–C–N with tert-alkyl or cyclic N) is 1. The molecule has 1 heterocycles. The number of carboxylic acid groups (broad SMARTS) is 1. The van der Waals surface area contributed by atoms with Crippen molar-refractivity contribution in [2.45, 2.75) is 12.5 Å². The van der Waals surface area contributed by atoms with Gasteiger partial charge < -0.3 is 10.2 Å². The Labute approximate surface area is 117 Å². The number of rotatable bonds is 4. The zero-order valence-corrected chi connectivity index (χ0v) is 10.8. The maximum absolute atomic E-state index is 12.1. The van der Waals surface area contributed by atoms with Crippen LogP contribution in [0.1, 0.15) is 27.6 Å². The fourth-order valence-electron chi connectivity index (χ4n) is 1.91. The second-order valence-electron chi connectivity index (χ2n) is 4.76. The van der Waals surface area contributed by atoms with Crippen LogP contribution in [0.15, 0.2) is 18.2 Å². The molecule has 0 fully saturated rings. The summed E-state index contributed by atoms with van der Waals surface area (Å²) < 4.78 is 0. The minimum atomic E-state index is -2.31. The van der Waals surface area contributed by atoms with Crippen molar-refractivity contribution in [3.8, 4) is 0 Å². The zero-order chi connectivity index (χ0) is 15.9. The molecule has 1 aliphatic rings.